The number of carbonyl (C=O) groups is 1. The van der Waals surface area contributed by atoms with Crippen LogP contribution in [0.5, 0.6) is 0 Å². The van der Waals surface area contributed by atoms with E-state index in [1.54, 1.807) is 0 Å². The van der Waals surface area contributed by atoms with Gasteiger partial charge in [0.1, 0.15) is 0 Å². The molecular formula is C18H24N2O3S2. The van der Waals surface area contributed by atoms with E-state index in [0.717, 1.165) is 12.0 Å². The molecule has 136 valence electrons. The first kappa shape index (κ1) is 18.5. The lowest BCUT2D eigenvalue weighted by Crippen LogP contribution is -2.37. The van der Waals surface area contributed by atoms with Crippen molar-refractivity contribution in [1.82, 2.24) is 4.90 Å². The minimum absolute atomic E-state index is 0.0288. The van der Waals surface area contributed by atoms with Crippen molar-refractivity contribution in [2.24, 2.45) is 10.9 Å². The predicted molar refractivity (Wildman–Crippen MR) is 102 cm³/mol. The normalized spacial score (nSPS) is 27.5. The molecule has 0 spiro atoms. The van der Waals surface area contributed by atoms with Gasteiger partial charge in [-0.3, -0.25) is 4.79 Å². The third-order valence-electron chi connectivity index (χ3n) is 4.89. The monoisotopic (exact) mass is 380 g/mol. The van der Waals surface area contributed by atoms with Gasteiger partial charge in [0.15, 0.2) is 15.0 Å². The highest BCUT2D eigenvalue weighted by Gasteiger charge is 2.48. The van der Waals surface area contributed by atoms with Crippen LogP contribution in [0, 0.1) is 12.8 Å². The number of fused-ring (bicyclic) bond motifs is 1. The van der Waals surface area contributed by atoms with Crippen LogP contribution < -0.4 is 0 Å². The number of aliphatic imine (C=N–C) groups is 1. The number of hydrogen-bond acceptors (Lipinski definition) is 4. The highest BCUT2D eigenvalue weighted by molar-refractivity contribution is 8.15. The average Bonchev–Trinajstić information content (AvgIpc) is 3.01. The zero-order chi connectivity index (χ0) is 18.2. The van der Waals surface area contributed by atoms with E-state index >= 15 is 0 Å². The number of rotatable bonds is 4. The molecular weight excluding hydrogens is 356 g/mol. The Hall–Kier alpha value is -1.34. The molecule has 1 aromatic carbocycles. The lowest BCUT2D eigenvalue weighted by Gasteiger charge is -2.24. The number of hydrogen-bond donors (Lipinski definition) is 0. The zero-order valence-electron chi connectivity index (χ0n) is 14.8. The molecule has 2 fully saturated rings. The fourth-order valence-electron chi connectivity index (χ4n) is 3.09. The molecule has 0 N–H and O–H groups in total. The molecule has 0 unspecified atom stereocenters. The number of aryl methyl sites for hydroxylation is 1. The van der Waals surface area contributed by atoms with Crippen molar-refractivity contribution in [2.75, 3.05) is 11.5 Å². The zero-order valence-corrected chi connectivity index (χ0v) is 16.4. The lowest BCUT2D eigenvalue weighted by atomic mass is 10.1. The molecule has 0 radical (unpaired) electrons. The number of amides is 1. The molecule has 2 aliphatic heterocycles. The van der Waals surface area contributed by atoms with Crippen LogP contribution >= 0.6 is 11.8 Å². The van der Waals surface area contributed by atoms with Gasteiger partial charge in [0.05, 0.1) is 17.5 Å². The number of sulfone groups is 1. The molecule has 7 heteroatoms. The predicted octanol–water partition coefficient (Wildman–Crippen LogP) is 2.64. The van der Waals surface area contributed by atoms with E-state index in [2.05, 4.69) is 4.99 Å². The van der Waals surface area contributed by atoms with E-state index in [1.807, 2.05) is 49.9 Å². The fourth-order valence-corrected chi connectivity index (χ4v) is 7.05. The summed E-state index contributed by atoms with van der Waals surface area (Å²) in [7, 11) is -3.01. The molecule has 3 atom stereocenters. The van der Waals surface area contributed by atoms with Crippen LogP contribution in [-0.4, -0.2) is 47.2 Å². The van der Waals surface area contributed by atoms with Crippen LogP contribution in [0.25, 0.3) is 0 Å². The summed E-state index contributed by atoms with van der Waals surface area (Å²) in [5.41, 5.74) is 2.28. The molecule has 2 saturated heterocycles. The minimum Gasteiger partial charge on any atom is -0.342 e. The third kappa shape index (κ3) is 4.08. The van der Waals surface area contributed by atoms with Crippen molar-refractivity contribution in [1.29, 1.82) is 0 Å². The van der Waals surface area contributed by atoms with E-state index in [1.165, 1.54) is 17.3 Å². The second kappa shape index (κ2) is 7.11. The summed E-state index contributed by atoms with van der Waals surface area (Å²) in [5.74, 6) is 0.0799. The van der Waals surface area contributed by atoms with Gasteiger partial charge in [0, 0.05) is 17.7 Å². The average molecular weight is 381 g/mol. The number of amidine groups is 1. The van der Waals surface area contributed by atoms with E-state index < -0.39 is 9.84 Å². The smallest absolute Gasteiger partial charge is 0.250 e. The van der Waals surface area contributed by atoms with Crippen molar-refractivity contribution >= 4 is 32.7 Å². The van der Waals surface area contributed by atoms with Crippen molar-refractivity contribution < 1.29 is 13.2 Å². The Morgan fingerprint density at radius 1 is 1.32 bits per heavy atom. The van der Waals surface area contributed by atoms with Gasteiger partial charge >= 0.3 is 0 Å². The van der Waals surface area contributed by atoms with E-state index in [9.17, 15) is 13.2 Å². The molecule has 0 saturated carbocycles. The van der Waals surface area contributed by atoms with Crippen molar-refractivity contribution in [3.8, 4) is 0 Å². The molecule has 0 bridgehead atoms. The van der Waals surface area contributed by atoms with Crippen LogP contribution in [0.2, 0.25) is 0 Å². The summed E-state index contributed by atoms with van der Waals surface area (Å²) < 4.78 is 24.0. The summed E-state index contributed by atoms with van der Waals surface area (Å²) in [6.45, 7) is 6.46. The maximum Gasteiger partial charge on any atom is 0.250 e. The molecule has 0 aliphatic carbocycles. The van der Waals surface area contributed by atoms with Crippen LogP contribution in [0.4, 0.5) is 0 Å². The Morgan fingerprint density at radius 2 is 2.00 bits per heavy atom. The van der Waals surface area contributed by atoms with Gasteiger partial charge in [0.25, 0.3) is 5.91 Å². The third-order valence-corrected chi connectivity index (χ3v) is 8.14. The highest BCUT2D eigenvalue weighted by atomic mass is 32.2. The van der Waals surface area contributed by atoms with Crippen LogP contribution in [-0.2, 0) is 21.2 Å². The maximum atomic E-state index is 12.3. The SMILES string of the molecule is CC[C@H](C)C(=O)N=C1S[C@@H]2CS(=O)(=O)C[C@@H]2N1Cc1ccc(C)cc1. The summed E-state index contributed by atoms with van der Waals surface area (Å²) in [5, 5.41) is 0.648. The first-order valence-electron chi connectivity index (χ1n) is 8.61. The minimum atomic E-state index is -3.01. The summed E-state index contributed by atoms with van der Waals surface area (Å²) in [6.07, 6.45) is 0.749. The first-order valence-corrected chi connectivity index (χ1v) is 11.3. The number of thioether (sulfide) groups is 1. The van der Waals surface area contributed by atoms with Gasteiger partial charge in [0.2, 0.25) is 0 Å². The van der Waals surface area contributed by atoms with E-state index in [0.29, 0.717) is 11.7 Å². The fraction of sp³-hybridized carbons (Fsp3) is 0.556. The standard InChI is InChI=1S/C18H24N2O3S2/c1-4-13(3)17(21)19-18-20(9-14-7-5-12(2)6-8-14)15-10-25(22,23)11-16(15)24-18/h5-8,13,15-16H,4,9-11H2,1-3H3/t13-,15-,16+/m0/s1. The van der Waals surface area contributed by atoms with Crippen molar-refractivity contribution in [3.05, 3.63) is 35.4 Å². The van der Waals surface area contributed by atoms with Crippen LogP contribution in [0.3, 0.4) is 0 Å². The maximum absolute atomic E-state index is 12.3. The van der Waals surface area contributed by atoms with Gasteiger partial charge in [-0.1, -0.05) is 55.4 Å². The number of benzene rings is 1. The Kier molecular flexibility index (Phi) is 5.25. The Balaban J connectivity index is 1.88. The molecule has 25 heavy (non-hydrogen) atoms. The number of carbonyl (C=O) groups excluding carboxylic acids is 1. The number of nitrogens with zero attached hydrogens (tertiary/aromatic N) is 2. The molecule has 1 amide bonds. The van der Waals surface area contributed by atoms with Crippen LogP contribution in [0.1, 0.15) is 31.4 Å². The Labute approximate surface area is 153 Å². The molecule has 2 heterocycles. The molecule has 5 nitrogen and oxygen atoms in total. The van der Waals surface area contributed by atoms with Gasteiger partial charge < -0.3 is 4.90 Å². The van der Waals surface area contributed by atoms with Crippen molar-refractivity contribution in [2.45, 2.75) is 45.0 Å². The summed E-state index contributed by atoms with van der Waals surface area (Å²) in [6, 6.07) is 8.08. The van der Waals surface area contributed by atoms with Gasteiger partial charge in [-0.2, -0.15) is 4.99 Å². The topological polar surface area (TPSA) is 66.8 Å². The van der Waals surface area contributed by atoms with Gasteiger partial charge in [-0.05, 0) is 18.9 Å². The summed E-state index contributed by atoms with van der Waals surface area (Å²) in [4.78, 5) is 18.6. The van der Waals surface area contributed by atoms with E-state index in [4.69, 9.17) is 0 Å². The summed E-state index contributed by atoms with van der Waals surface area (Å²) >= 11 is 1.45. The second-order valence-electron chi connectivity index (χ2n) is 6.96. The first-order chi connectivity index (χ1) is 11.8. The van der Waals surface area contributed by atoms with Gasteiger partial charge in [-0.25, -0.2) is 8.42 Å². The quantitative estimate of drug-likeness (QED) is 0.803. The lowest BCUT2D eigenvalue weighted by molar-refractivity contribution is -0.121. The highest BCUT2D eigenvalue weighted by Crippen LogP contribution is 2.39. The Bertz CT molecular complexity index is 787. The molecule has 2 aliphatic rings. The molecule has 1 aromatic rings. The molecule has 0 aromatic heterocycles. The Morgan fingerprint density at radius 3 is 2.64 bits per heavy atom. The second-order valence-corrected chi connectivity index (χ2v) is 10.3. The van der Waals surface area contributed by atoms with Gasteiger partial charge in [-0.15, -0.1) is 0 Å². The van der Waals surface area contributed by atoms with E-state index in [-0.39, 0.29) is 34.6 Å². The largest absolute Gasteiger partial charge is 0.342 e. The van der Waals surface area contributed by atoms with Crippen LogP contribution in [0.15, 0.2) is 29.3 Å². The molecule has 3 rings (SSSR count). The van der Waals surface area contributed by atoms with Crippen molar-refractivity contribution in [3.63, 3.8) is 0 Å².